The van der Waals surface area contributed by atoms with Gasteiger partial charge in [0, 0.05) is 6.61 Å². The molecule has 2 fully saturated rings. The lowest BCUT2D eigenvalue weighted by molar-refractivity contribution is -0.139. The van der Waals surface area contributed by atoms with Crippen LogP contribution in [0.15, 0.2) is 11.6 Å². The van der Waals surface area contributed by atoms with Gasteiger partial charge in [0.15, 0.2) is 0 Å². The van der Waals surface area contributed by atoms with Crippen LogP contribution in [0.25, 0.3) is 0 Å². The van der Waals surface area contributed by atoms with Gasteiger partial charge in [-0.05, 0) is 57.3 Å². The molecule has 0 bridgehead atoms. The SMILES string of the molecule is OC1C=C(C2CCOC3(CCC3)C2)CCCC1. The Morgan fingerprint density at radius 2 is 2.06 bits per heavy atom. The van der Waals surface area contributed by atoms with Crippen molar-refractivity contribution in [1.82, 2.24) is 0 Å². The lowest BCUT2D eigenvalue weighted by Crippen LogP contribution is -2.45. The Kier molecular flexibility index (Phi) is 3.27. The highest BCUT2D eigenvalue weighted by atomic mass is 16.5. The van der Waals surface area contributed by atoms with Gasteiger partial charge in [-0.1, -0.05) is 18.1 Å². The van der Waals surface area contributed by atoms with E-state index < -0.39 is 0 Å². The van der Waals surface area contributed by atoms with E-state index in [-0.39, 0.29) is 11.7 Å². The summed E-state index contributed by atoms with van der Waals surface area (Å²) in [5.74, 6) is 0.691. The molecular formula is C15H24O2. The maximum atomic E-state index is 9.88. The van der Waals surface area contributed by atoms with Crippen molar-refractivity contribution >= 4 is 0 Å². The minimum absolute atomic E-state index is 0.187. The minimum Gasteiger partial charge on any atom is -0.389 e. The van der Waals surface area contributed by atoms with Gasteiger partial charge in [-0.15, -0.1) is 0 Å². The predicted octanol–water partition coefficient (Wildman–Crippen LogP) is 3.20. The number of hydrogen-bond donors (Lipinski definition) is 1. The molecule has 2 nitrogen and oxygen atoms in total. The van der Waals surface area contributed by atoms with E-state index in [1.165, 1.54) is 56.9 Å². The van der Waals surface area contributed by atoms with E-state index in [1.807, 2.05) is 0 Å². The molecule has 0 radical (unpaired) electrons. The van der Waals surface area contributed by atoms with E-state index in [9.17, 15) is 5.11 Å². The third-order valence-corrected chi connectivity index (χ3v) is 4.90. The highest BCUT2D eigenvalue weighted by Gasteiger charge is 2.43. The Labute approximate surface area is 104 Å². The largest absolute Gasteiger partial charge is 0.389 e. The van der Waals surface area contributed by atoms with Gasteiger partial charge < -0.3 is 9.84 Å². The standard InChI is InChI=1S/C15H24O2/c16-14-5-2-1-4-12(10-14)13-6-9-17-15(11-13)7-3-8-15/h10,13-14,16H,1-9,11H2. The molecule has 3 aliphatic rings. The maximum Gasteiger partial charge on any atom is 0.0723 e. The molecule has 0 amide bonds. The average Bonchev–Trinajstić information content (AvgIpc) is 2.52. The Morgan fingerprint density at radius 1 is 1.18 bits per heavy atom. The van der Waals surface area contributed by atoms with Gasteiger partial charge in [0.1, 0.15) is 0 Å². The topological polar surface area (TPSA) is 29.5 Å². The summed E-state index contributed by atoms with van der Waals surface area (Å²) in [5, 5.41) is 9.88. The first-order valence-corrected chi connectivity index (χ1v) is 7.30. The Bertz CT molecular complexity index is 304. The monoisotopic (exact) mass is 236 g/mol. The molecule has 2 aliphatic carbocycles. The molecule has 0 aromatic rings. The smallest absolute Gasteiger partial charge is 0.0723 e. The molecule has 0 aromatic carbocycles. The van der Waals surface area contributed by atoms with Crippen molar-refractivity contribution in [2.45, 2.75) is 69.5 Å². The van der Waals surface area contributed by atoms with Crippen molar-refractivity contribution in [3.05, 3.63) is 11.6 Å². The molecule has 1 spiro atoms. The molecule has 0 aromatic heterocycles. The fraction of sp³-hybridized carbons (Fsp3) is 0.867. The van der Waals surface area contributed by atoms with Crippen LogP contribution in [0.3, 0.4) is 0 Å². The predicted molar refractivity (Wildman–Crippen MR) is 67.8 cm³/mol. The van der Waals surface area contributed by atoms with Gasteiger partial charge in [0.25, 0.3) is 0 Å². The first-order chi connectivity index (χ1) is 8.27. The summed E-state index contributed by atoms with van der Waals surface area (Å²) >= 11 is 0. The van der Waals surface area contributed by atoms with Crippen LogP contribution in [0.2, 0.25) is 0 Å². The summed E-state index contributed by atoms with van der Waals surface area (Å²) in [5.41, 5.74) is 1.77. The zero-order valence-electron chi connectivity index (χ0n) is 10.7. The van der Waals surface area contributed by atoms with Crippen LogP contribution in [-0.4, -0.2) is 23.4 Å². The van der Waals surface area contributed by atoms with Gasteiger partial charge in [0.2, 0.25) is 0 Å². The molecule has 1 saturated carbocycles. The number of hydrogen-bond acceptors (Lipinski definition) is 2. The van der Waals surface area contributed by atoms with Crippen LogP contribution < -0.4 is 0 Å². The quantitative estimate of drug-likeness (QED) is 0.708. The number of allylic oxidation sites excluding steroid dienone is 1. The van der Waals surface area contributed by atoms with Gasteiger partial charge in [-0.3, -0.25) is 0 Å². The van der Waals surface area contributed by atoms with Crippen molar-refractivity contribution < 1.29 is 9.84 Å². The second kappa shape index (κ2) is 4.74. The Morgan fingerprint density at radius 3 is 2.82 bits per heavy atom. The second-order valence-electron chi connectivity index (χ2n) is 6.13. The van der Waals surface area contributed by atoms with Crippen molar-refractivity contribution in [3.8, 4) is 0 Å². The van der Waals surface area contributed by atoms with Gasteiger partial charge in [-0.25, -0.2) is 0 Å². The Hall–Kier alpha value is -0.340. The van der Waals surface area contributed by atoms with E-state index in [0.717, 1.165) is 13.0 Å². The molecule has 1 heterocycles. The zero-order valence-corrected chi connectivity index (χ0v) is 10.7. The zero-order chi connectivity index (χ0) is 11.7. The van der Waals surface area contributed by atoms with E-state index in [1.54, 1.807) is 0 Å². The first kappa shape index (κ1) is 11.7. The molecule has 2 atom stereocenters. The number of ether oxygens (including phenoxy) is 1. The summed E-state index contributed by atoms with van der Waals surface area (Å²) in [6.45, 7) is 0.929. The number of aliphatic hydroxyl groups excluding tert-OH is 1. The van der Waals surface area contributed by atoms with Crippen molar-refractivity contribution in [2.24, 2.45) is 5.92 Å². The molecule has 2 heteroatoms. The third kappa shape index (κ3) is 2.43. The van der Waals surface area contributed by atoms with Crippen molar-refractivity contribution in [1.29, 1.82) is 0 Å². The maximum absolute atomic E-state index is 9.88. The second-order valence-corrected chi connectivity index (χ2v) is 6.13. The van der Waals surface area contributed by atoms with Gasteiger partial charge >= 0.3 is 0 Å². The first-order valence-electron chi connectivity index (χ1n) is 7.30. The summed E-state index contributed by atoms with van der Waals surface area (Å²) in [4.78, 5) is 0. The highest BCUT2D eigenvalue weighted by molar-refractivity contribution is 5.14. The lowest BCUT2D eigenvalue weighted by atomic mass is 9.70. The van der Waals surface area contributed by atoms with Crippen LogP contribution in [0, 0.1) is 5.92 Å². The highest BCUT2D eigenvalue weighted by Crippen LogP contribution is 2.46. The Balaban J connectivity index is 1.70. The van der Waals surface area contributed by atoms with Gasteiger partial charge in [0.05, 0.1) is 11.7 Å². The van der Waals surface area contributed by atoms with Crippen LogP contribution in [0.1, 0.15) is 57.8 Å². The normalized spacial score (nSPS) is 37.1. The van der Waals surface area contributed by atoms with E-state index in [0.29, 0.717) is 5.92 Å². The van der Waals surface area contributed by atoms with Gasteiger partial charge in [-0.2, -0.15) is 0 Å². The molecular weight excluding hydrogens is 212 g/mol. The molecule has 2 unspecified atom stereocenters. The fourth-order valence-electron chi connectivity index (χ4n) is 3.70. The van der Waals surface area contributed by atoms with Crippen LogP contribution >= 0.6 is 0 Å². The molecule has 17 heavy (non-hydrogen) atoms. The molecule has 1 aliphatic heterocycles. The number of aliphatic hydroxyl groups is 1. The molecule has 1 N–H and O–H groups in total. The van der Waals surface area contributed by atoms with Crippen molar-refractivity contribution in [3.63, 3.8) is 0 Å². The van der Waals surface area contributed by atoms with Crippen molar-refractivity contribution in [2.75, 3.05) is 6.61 Å². The summed E-state index contributed by atoms with van der Waals surface area (Å²) in [6, 6.07) is 0. The average molecular weight is 236 g/mol. The van der Waals surface area contributed by atoms with Crippen LogP contribution in [-0.2, 0) is 4.74 Å². The van der Waals surface area contributed by atoms with E-state index in [4.69, 9.17) is 4.74 Å². The number of rotatable bonds is 1. The van der Waals surface area contributed by atoms with Crippen LogP contribution in [0.4, 0.5) is 0 Å². The van der Waals surface area contributed by atoms with Crippen LogP contribution in [0.5, 0.6) is 0 Å². The molecule has 1 saturated heterocycles. The van der Waals surface area contributed by atoms with E-state index >= 15 is 0 Å². The lowest BCUT2D eigenvalue weighted by Gasteiger charge is -2.47. The fourth-order valence-corrected chi connectivity index (χ4v) is 3.70. The summed E-state index contributed by atoms with van der Waals surface area (Å²) in [7, 11) is 0. The third-order valence-electron chi connectivity index (χ3n) is 4.90. The molecule has 96 valence electrons. The summed E-state index contributed by atoms with van der Waals surface area (Å²) in [6.07, 6.45) is 12.8. The molecule has 3 rings (SSSR count). The summed E-state index contributed by atoms with van der Waals surface area (Å²) < 4.78 is 5.99. The minimum atomic E-state index is -0.187. The van der Waals surface area contributed by atoms with E-state index in [2.05, 4.69) is 6.08 Å².